The first-order valence-electron chi connectivity index (χ1n) is 5.37. The average Bonchev–Trinajstić information content (AvgIpc) is 2.64. The van der Waals surface area contributed by atoms with Crippen molar-refractivity contribution in [2.45, 2.75) is 25.9 Å². The van der Waals surface area contributed by atoms with E-state index in [4.69, 9.17) is 0 Å². The lowest BCUT2D eigenvalue weighted by atomic mass is 9.96. The molecule has 1 amide bonds. The van der Waals surface area contributed by atoms with Crippen LogP contribution in [0.4, 0.5) is 5.69 Å². The van der Waals surface area contributed by atoms with Gasteiger partial charge in [0.2, 0.25) is 5.91 Å². The highest BCUT2D eigenvalue weighted by Gasteiger charge is 2.26. The number of benzene rings is 1. The lowest BCUT2D eigenvalue weighted by Crippen LogP contribution is -2.35. The Morgan fingerprint density at radius 2 is 2.06 bits per heavy atom. The van der Waals surface area contributed by atoms with Gasteiger partial charge in [0.05, 0.1) is 11.3 Å². The molecule has 1 fully saturated rings. The Balaban J connectivity index is 2.37. The maximum atomic E-state index is 11.2. The maximum absolute atomic E-state index is 11.2. The smallest absolute Gasteiger partial charge is 0.240 e. The van der Waals surface area contributed by atoms with Crippen LogP contribution in [0, 0.1) is 0 Å². The topological polar surface area (TPSA) is 52.6 Å². The highest BCUT2D eigenvalue weighted by atomic mass is 16.3. The number of aliphatic hydroxyl groups is 1. The predicted octanol–water partition coefficient (Wildman–Crippen LogP) is 1.16. The third-order valence-electron chi connectivity index (χ3n) is 2.68. The van der Waals surface area contributed by atoms with Crippen LogP contribution in [0.2, 0.25) is 0 Å². The van der Waals surface area contributed by atoms with E-state index < -0.39 is 5.60 Å². The van der Waals surface area contributed by atoms with Crippen molar-refractivity contribution in [3.05, 3.63) is 29.8 Å². The molecule has 0 bridgehead atoms. The van der Waals surface area contributed by atoms with Crippen LogP contribution < -0.4 is 10.4 Å². The van der Waals surface area contributed by atoms with E-state index in [0.717, 1.165) is 11.3 Å². The molecule has 1 heterocycles. The van der Waals surface area contributed by atoms with Gasteiger partial charge in [-0.3, -0.25) is 15.2 Å². The Kier molecular flexibility index (Phi) is 2.59. The summed E-state index contributed by atoms with van der Waals surface area (Å²) in [4.78, 5) is 11.2. The summed E-state index contributed by atoms with van der Waals surface area (Å²) in [7, 11) is 0. The largest absolute Gasteiger partial charge is 0.386 e. The van der Waals surface area contributed by atoms with E-state index in [1.165, 1.54) is 0 Å². The number of carbonyl (C=O) groups is 1. The third kappa shape index (κ3) is 2.02. The zero-order chi connectivity index (χ0) is 11.8. The van der Waals surface area contributed by atoms with Gasteiger partial charge in [0.25, 0.3) is 0 Å². The fraction of sp³-hybridized carbons (Fsp3) is 0.417. The van der Waals surface area contributed by atoms with Crippen molar-refractivity contribution < 1.29 is 9.90 Å². The number of hydrogen-bond donors (Lipinski definition) is 2. The molecular formula is C12H16N2O2. The lowest BCUT2D eigenvalue weighted by molar-refractivity contribution is -0.119. The average molecular weight is 220 g/mol. The summed E-state index contributed by atoms with van der Waals surface area (Å²) in [6, 6.07) is 7.56. The van der Waals surface area contributed by atoms with Gasteiger partial charge in [-0.1, -0.05) is 18.2 Å². The molecule has 1 aromatic rings. The van der Waals surface area contributed by atoms with E-state index >= 15 is 0 Å². The van der Waals surface area contributed by atoms with Crippen molar-refractivity contribution in [3.63, 3.8) is 0 Å². The highest BCUT2D eigenvalue weighted by Crippen LogP contribution is 2.30. The summed E-state index contributed by atoms with van der Waals surface area (Å²) in [5.74, 6) is 0.0190. The van der Waals surface area contributed by atoms with Crippen molar-refractivity contribution >= 4 is 11.6 Å². The van der Waals surface area contributed by atoms with Gasteiger partial charge >= 0.3 is 0 Å². The molecule has 2 N–H and O–H groups in total. The molecule has 1 aromatic carbocycles. The van der Waals surface area contributed by atoms with Gasteiger partial charge in [-0.2, -0.15) is 0 Å². The summed E-state index contributed by atoms with van der Waals surface area (Å²) >= 11 is 0. The molecule has 0 unspecified atom stereocenters. The molecular weight excluding hydrogens is 204 g/mol. The molecule has 4 heteroatoms. The van der Waals surface area contributed by atoms with Crippen LogP contribution in [0.15, 0.2) is 24.3 Å². The van der Waals surface area contributed by atoms with Gasteiger partial charge in [-0.15, -0.1) is 0 Å². The summed E-state index contributed by atoms with van der Waals surface area (Å²) < 4.78 is 0. The first-order valence-corrected chi connectivity index (χ1v) is 5.37. The van der Waals surface area contributed by atoms with Crippen LogP contribution in [0.25, 0.3) is 0 Å². The number of nitrogens with one attached hydrogen (secondary N) is 1. The first-order chi connectivity index (χ1) is 7.48. The van der Waals surface area contributed by atoms with E-state index in [0.29, 0.717) is 13.0 Å². The van der Waals surface area contributed by atoms with E-state index in [1.807, 2.05) is 24.3 Å². The lowest BCUT2D eigenvalue weighted by Gasteiger charge is -2.26. The molecule has 0 radical (unpaired) electrons. The first kappa shape index (κ1) is 11.0. The van der Waals surface area contributed by atoms with Crippen molar-refractivity contribution in [1.29, 1.82) is 0 Å². The van der Waals surface area contributed by atoms with Crippen molar-refractivity contribution in [2.75, 3.05) is 11.6 Å². The van der Waals surface area contributed by atoms with Gasteiger partial charge in [-0.25, -0.2) is 0 Å². The van der Waals surface area contributed by atoms with E-state index in [-0.39, 0.29) is 5.91 Å². The molecule has 1 aliphatic rings. The number of hydrogen-bond acceptors (Lipinski definition) is 3. The van der Waals surface area contributed by atoms with Crippen LogP contribution in [0.5, 0.6) is 0 Å². The Morgan fingerprint density at radius 3 is 2.62 bits per heavy atom. The van der Waals surface area contributed by atoms with E-state index in [9.17, 15) is 9.90 Å². The molecule has 2 rings (SSSR count). The van der Waals surface area contributed by atoms with Crippen LogP contribution in [-0.2, 0) is 10.4 Å². The number of nitrogens with zero attached hydrogens (tertiary/aromatic N) is 1. The van der Waals surface area contributed by atoms with Crippen LogP contribution >= 0.6 is 0 Å². The molecule has 1 aliphatic heterocycles. The van der Waals surface area contributed by atoms with Gasteiger partial charge in [0, 0.05) is 18.5 Å². The monoisotopic (exact) mass is 220 g/mol. The summed E-state index contributed by atoms with van der Waals surface area (Å²) in [6.07, 6.45) is 0.500. The molecule has 4 nitrogen and oxygen atoms in total. The Bertz CT molecular complexity index is 410. The number of anilines is 1. The fourth-order valence-electron chi connectivity index (χ4n) is 1.88. The second kappa shape index (κ2) is 3.79. The van der Waals surface area contributed by atoms with Gasteiger partial charge in [0.15, 0.2) is 0 Å². The summed E-state index contributed by atoms with van der Waals surface area (Å²) in [6.45, 7) is 4.12. The number of hydrazine groups is 1. The van der Waals surface area contributed by atoms with Gasteiger partial charge < -0.3 is 5.11 Å². The Labute approximate surface area is 94.9 Å². The van der Waals surface area contributed by atoms with Crippen LogP contribution in [0.1, 0.15) is 25.8 Å². The molecule has 0 aromatic heterocycles. The molecule has 86 valence electrons. The van der Waals surface area contributed by atoms with Crippen LogP contribution in [-0.4, -0.2) is 17.6 Å². The van der Waals surface area contributed by atoms with Crippen molar-refractivity contribution in [1.82, 2.24) is 5.43 Å². The summed E-state index contributed by atoms with van der Waals surface area (Å²) in [5.41, 5.74) is 3.53. The maximum Gasteiger partial charge on any atom is 0.240 e. The van der Waals surface area contributed by atoms with Gasteiger partial charge in [-0.05, 0) is 19.9 Å². The molecule has 16 heavy (non-hydrogen) atoms. The van der Waals surface area contributed by atoms with Crippen LogP contribution in [0.3, 0.4) is 0 Å². The number of carbonyl (C=O) groups excluding carboxylic acids is 1. The number of rotatable bonds is 2. The second-order valence-electron chi connectivity index (χ2n) is 4.51. The molecule has 0 spiro atoms. The highest BCUT2D eigenvalue weighted by molar-refractivity contribution is 5.82. The molecule has 0 saturated carbocycles. The van der Waals surface area contributed by atoms with Crippen molar-refractivity contribution in [3.8, 4) is 0 Å². The minimum Gasteiger partial charge on any atom is -0.386 e. The normalized spacial score (nSPS) is 16.4. The van der Waals surface area contributed by atoms with E-state index in [1.54, 1.807) is 18.9 Å². The van der Waals surface area contributed by atoms with Crippen molar-refractivity contribution in [2.24, 2.45) is 0 Å². The molecule has 0 aliphatic carbocycles. The molecule has 0 atom stereocenters. The minimum absolute atomic E-state index is 0.0190. The second-order valence-corrected chi connectivity index (χ2v) is 4.51. The van der Waals surface area contributed by atoms with Gasteiger partial charge in [0.1, 0.15) is 0 Å². The zero-order valence-corrected chi connectivity index (χ0v) is 9.53. The number of amides is 1. The molecule has 1 saturated heterocycles. The standard InChI is InChI=1S/C12H16N2O2/c1-12(2,16)9-5-3-4-6-10(9)14-8-7-11(15)13-14/h3-6,16H,7-8H2,1-2H3,(H,13,15). The number of para-hydroxylation sites is 1. The zero-order valence-electron chi connectivity index (χ0n) is 9.53. The Hall–Kier alpha value is -1.55. The SMILES string of the molecule is CC(C)(O)c1ccccc1N1CCC(=O)N1. The third-order valence-corrected chi connectivity index (χ3v) is 2.68. The fourth-order valence-corrected chi connectivity index (χ4v) is 1.88. The Morgan fingerprint density at radius 1 is 1.38 bits per heavy atom. The minimum atomic E-state index is -0.913. The summed E-state index contributed by atoms with van der Waals surface area (Å²) in [5, 5.41) is 11.8. The predicted molar refractivity (Wildman–Crippen MR) is 61.8 cm³/mol. The quantitative estimate of drug-likeness (QED) is 0.786. The van der Waals surface area contributed by atoms with E-state index in [2.05, 4.69) is 5.43 Å².